The number of esters is 1. The van der Waals surface area contributed by atoms with Crippen LogP contribution in [0.25, 0.3) is 0 Å². The molecule has 0 bridgehead atoms. The van der Waals surface area contributed by atoms with E-state index in [1.807, 2.05) is 0 Å². The highest BCUT2D eigenvalue weighted by atomic mass is 32.1. The molecule has 2 heterocycles. The first-order chi connectivity index (χ1) is 13.8. The molecule has 1 saturated heterocycles. The van der Waals surface area contributed by atoms with Gasteiger partial charge in [0.15, 0.2) is 10.7 Å². The number of likely N-dealkylation sites (tertiary alicyclic amines) is 1. The topological polar surface area (TPSA) is 54.5 Å². The number of ether oxygens (including phenoxy) is 1. The molecule has 158 valence electrons. The van der Waals surface area contributed by atoms with E-state index in [1.165, 1.54) is 0 Å². The Hall–Kier alpha value is -2.27. The van der Waals surface area contributed by atoms with Crippen molar-refractivity contribution in [1.82, 2.24) is 9.88 Å². The summed E-state index contributed by atoms with van der Waals surface area (Å²) in [5.74, 6) is -13.9. The lowest BCUT2D eigenvalue weighted by Crippen LogP contribution is -2.29. The Kier molecular flexibility index (Phi) is 6.68. The Morgan fingerprint density at radius 2 is 1.62 bits per heavy atom. The van der Waals surface area contributed by atoms with Gasteiger partial charge in [0.1, 0.15) is 5.01 Å². The molecule has 1 N–H and O–H groups in total. The number of halogens is 5. The summed E-state index contributed by atoms with van der Waals surface area (Å²) in [7, 11) is 0. The maximum Gasteiger partial charge on any atom is 0.357 e. The Morgan fingerprint density at radius 1 is 1.03 bits per heavy atom. The van der Waals surface area contributed by atoms with E-state index in [0.29, 0.717) is 18.1 Å². The highest BCUT2D eigenvalue weighted by Gasteiger charge is 2.30. The summed E-state index contributed by atoms with van der Waals surface area (Å²) in [5.41, 5.74) is 0. The lowest BCUT2D eigenvalue weighted by atomic mass is 10.1. The van der Waals surface area contributed by atoms with Gasteiger partial charge in [-0.05, 0) is 32.9 Å². The molecule has 1 aromatic heterocycles. The Labute approximate surface area is 167 Å². The van der Waals surface area contributed by atoms with E-state index in [0.717, 1.165) is 43.7 Å². The monoisotopic (exact) mass is 435 g/mol. The van der Waals surface area contributed by atoms with Crippen molar-refractivity contribution in [3.63, 3.8) is 0 Å². The van der Waals surface area contributed by atoms with Gasteiger partial charge in [-0.1, -0.05) is 6.42 Å². The van der Waals surface area contributed by atoms with Gasteiger partial charge in [-0.2, -0.15) is 8.78 Å². The minimum atomic E-state index is -2.32. The summed E-state index contributed by atoms with van der Waals surface area (Å²) in [6, 6.07) is 0. The molecule has 0 unspecified atom stereocenters. The third-order valence-electron chi connectivity index (χ3n) is 4.37. The number of rotatable bonds is 6. The van der Waals surface area contributed by atoms with Crippen LogP contribution in [0.4, 0.5) is 27.8 Å². The van der Waals surface area contributed by atoms with Crippen molar-refractivity contribution in [2.45, 2.75) is 32.7 Å². The van der Waals surface area contributed by atoms with Gasteiger partial charge < -0.3 is 10.1 Å². The van der Waals surface area contributed by atoms with Gasteiger partial charge in [0.2, 0.25) is 34.8 Å². The number of benzene rings is 1. The van der Waals surface area contributed by atoms with Crippen LogP contribution in [-0.4, -0.2) is 35.5 Å². The predicted molar refractivity (Wildman–Crippen MR) is 96.6 cm³/mol. The van der Waals surface area contributed by atoms with Crippen molar-refractivity contribution in [2.24, 2.45) is 0 Å². The number of carbonyl (C=O) groups is 1. The highest BCUT2D eigenvalue weighted by molar-refractivity contribution is 7.14. The molecule has 3 rings (SSSR count). The fourth-order valence-corrected chi connectivity index (χ4v) is 3.94. The van der Waals surface area contributed by atoms with Crippen molar-refractivity contribution >= 4 is 23.1 Å². The quantitative estimate of drug-likeness (QED) is 0.239. The average Bonchev–Trinajstić information content (AvgIpc) is 3.11. The van der Waals surface area contributed by atoms with Crippen molar-refractivity contribution in [1.29, 1.82) is 0 Å². The van der Waals surface area contributed by atoms with Crippen molar-refractivity contribution in [3.8, 4) is 5.75 Å². The van der Waals surface area contributed by atoms with E-state index in [4.69, 9.17) is 0 Å². The summed E-state index contributed by atoms with van der Waals surface area (Å²) in [6.45, 7) is 4.41. The SMILES string of the molecule is CCNc1nc(CN2CCCCC2)sc1C(=O)Oc1c(F)c(F)c(F)c(F)c1F. The number of anilines is 1. The molecular weight excluding hydrogens is 417 g/mol. The van der Waals surface area contributed by atoms with Crippen LogP contribution in [0.1, 0.15) is 40.9 Å². The minimum Gasteiger partial charge on any atom is -0.416 e. The van der Waals surface area contributed by atoms with E-state index in [1.54, 1.807) is 6.92 Å². The highest BCUT2D eigenvalue weighted by Crippen LogP contribution is 2.32. The third-order valence-corrected chi connectivity index (χ3v) is 5.39. The summed E-state index contributed by atoms with van der Waals surface area (Å²) in [4.78, 5) is 18.8. The van der Waals surface area contributed by atoms with Gasteiger partial charge in [0.05, 0.1) is 6.54 Å². The van der Waals surface area contributed by atoms with E-state index in [-0.39, 0.29) is 10.7 Å². The second kappa shape index (κ2) is 9.04. The number of nitrogens with one attached hydrogen (secondary N) is 1. The molecule has 11 heteroatoms. The first kappa shape index (κ1) is 21.4. The molecule has 5 nitrogen and oxygen atoms in total. The fraction of sp³-hybridized carbons (Fsp3) is 0.444. The van der Waals surface area contributed by atoms with Crippen LogP contribution in [-0.2, 0) is 6.54 Å². The third kappa shape index (κ3) is 4.50. The van der Waals surface area contributed by atoms with Gasteiger partial charge in [0.25, 0.3) is 0 Å². The molecule has 0 aliphatic carbocycles. The van der Waals surface area contributed by atoms with Crippen LogP contribution in [0.15, 0.2) is 0 Å². The zero-order valence-corrected chi connectivity index (χ0v) is 16.3. The summed E-state index contributed by atoms with van der Waals surface area (Å²) in [6.07, 6.45) is 3.26. The molecular formula is C18H18F5N3O2S. The van der Waals surface area contributed by atoms with Crippen LogP contribution in [0, 0.1) is 29.1 Å². The van der Waals surface area contributed by atoms with Gasteiger partial charge in [0, 0.05) is 6.54 Å². The maximum absolute atomic E-state index is 13.8. The average molecular weight is 435 g/mol. The number of carbonyl (C=O) groups excluding carboxylic acids is 1. The van der Waals surface area contributed by atoms with Crippen molar-refractivity contribution < 1.29 is 31.5 Å². The van der Waals surface area contributed by atoms with E-state index in [2.05, 4.69) is 19.9 Å². The van der Waals surface area contributed by atoms with E-state index >= 15 is 0 Å². The zero-order valence-electron chi connectivity index (χ0n) is 15.5. The molecule has 0 atom stereocenters. The van der Waals surface area contributed by atoms with Crippen molar-refractivity contribution in [2.75, 3.05) is 25.0 Å². The Morgan fingerprint density at radius 3 is 2.21 bits per heavy atom. The number of aromatic nitrogens is 1. The van der Waals surface area contributed by atoms with Crippen molar-refractivity contribution in [3.05, 3.63) is 39.0 Å². The van der Waals surface area contributed by atoms with Crippen LogP contribution >= 0.6 is 11.3 Å². The molecule has 1 aromatic carbocycles. The molecule has 0 radical (unpaired) electrons. The summed E-state index contributed by atoms with van der Waals surface area (Å²) >= 11 is 0.947. The standard InChI is InChI=1S/C18H18F5N3O2S/c1-2-24-17-16(29-9(25-17)8-26-6-4-3-5-7-26)18(27)28-15-13(22)11(20)10(19)12(21)14(15)23/h24H,2-8H2,1H3. The first-order valence-corrected chi connectivity index (χ1v) is 9.84. The Bertz CT molecular complexity index is 886. The second-order valence-electron chi connectivity index (χ2n) is 6.44. The molecule has 0 amide bonds. The zero-order chi connectivity index (χ0) is 21.1. The lowest BCUT2D eigenvalue weighted by Gasteiger charge is -2.25. The van der Waals surface area contributed by atoms with Crippen LogP contribution in [0.5, 0.6) is 5.75 Å². The van der Waals surface area contributed by atoms with Gasteiger partial charge in [-0.3, -0.25) is 4.90 Å². The molecule has 0 saturated carbocycles. The first-order valence-electron chi connectivity index (χ1n) is 9.03. The summed E-state index contributed by atoms with van der Waals surface area (Å²) in [5, 5.41) is 3.42. The maximum atomic E-state index is 13.8. The lowest BCUT2D eigenvalue weighted by molar-refractivity contribution is 0.0722. The fourth-order valence-electron chi connectivity index (χ4n) is 2.98. The van der Waals surface area contributed by atoms with Crippen LogP contribution in [0.3, 0.4) is 0 Å². The molecule has 1 aliphatic rings. The normalized spacial score (nSPS) is 14.8. The Balaban J connectivity index is 1.87. The summed E-state index contributed by atoms with van der Waals surface area (Å²) < 4.78 is 72.0. The molecule has 29 heavy (non-hydrogen) atoms. The second-order valence-corrected chi connectivity index (χ2v) is 7.52. The van der Waals surface area contributed by atoms with Crippen LogP contribution < -0.4 is 10.1 Å². The smallest absolute Gasteiger partial charge is 0.357 e. The van der Waals surface area contributed by atoms with E-state index in [9.17, 15) is 26.7 Å². The van der Waals surface area contributed by atoms with Gasteiger partial charge in [-0.15, -0.1) is 11.3 Å². The van der Waals surface area contributed by atoms with Gasteiger partial charge in [-0.25, -0.2) is 22.9 Å². The number of thiazole rings is 1. The number of piperidine rings is 1. The molecule has 2 aromatic rings. The number of hydrogen-bond acceptors (Lipinski definition) is 6. The minimum absolute atomic E-state index is 0.109. The predicted octanol–water partition coefficient (Wildman–Crippen LogP) is 4.48. The van der Waals surface area contributed by atoms with Crippen LogP contribution in [0.2, 0.25) is 0 Å². The molecule has 1 aliphatic heterocycles. The number of hydrogen-bond donors (Lipinski definition) is 1. The molecule has 0 spiro atoms. The number of nitrogens with zero attached hydrogens (tertiary/aromatic N) is 2. The molecule has 1 fully saturated rings. The largest absolute Gasteiger partial charge is 0.416 e. The van der Waals surface area contributed by atoms with E-state index < -0.39 is 40.8 Å². The van der Waals surface area contributed by atoms with Gasteiger partial charge >= 0.3 is 5.97 Å².